The van der Waals surface area contributed by atoms with Gasteiger partial charge in [-0.15, -0.1) is 0 Å². The highest BCUT2D eigenvalue weighted by Gasteiger charge is 2.30. The van der Waals surface area contributed by atoms with E-state index in [0.29, 0.717) is 18.3 Å². The summed E-state index contributed by atoms with van der Waals surface area (Å²) in [6, 6.07) is 14.5. The lowest BCUT2D eigenvalue weighted by Gasteiger charge is -2.37. The first-order valence-electron chi connectivity index (χ1n) is 13.9. The molecular weight excluding hydrogens is 499 g/mol. The molecule has 2 fully saturated rings. The molecule has 1 aliphatic carbocycles. The quantitative estimate of drug-likeness (QED) is 0.263. The second-order valence-electron chi connectivity index (χ2n) is 10.6. The van der Waals surface area contributed by atoms with E-state index < -0.39 is 11.7 Å². The Bertz CT molecular complexity index is 1120. The van der Waals surface area contributed by atoms with Gasteiger partial charge in [-0.3, -0.25) is 4.90 Å². The van der Waals surface area contributed by atoms with Gasteiger partial charge in [0.25, 0.3) is 0 Å². The molecule has 2 aromatic rings. The van der Waals surface area contributed by atoms with E-state index in [2.05, 4.69) is 59.0 Å². The lowest BCUT2D eigenvalue weighted by molar-refractivity contribution is -0.137. The van der Waals surface area contributed by atoms with Crippen molar-refractivity contribution in [2.75, 3.05) is 31.5 Å². The van der Waals surface area contributed by atoms with Crippen LogP contribution in [0.2, 0.25) is 0 Å². The number of nitrogens with zero attached hydrogens (tertiary/aromatic N) is 2. The van der Waals surface area contributed by atoms with E-state index in [1.165, 1.54) is 11.3 Å². The molecule has 4 nitrogen and oxygen atoms in total. The van der Waals surface area contributed by atoms with Crippen LogP contribution < -0.4 is 5.32 Å². The Morgan fingerprint density at radius 2 is 1.62 bits per heavy atom. The van der Waals surface area contributed by atoms with Gasteiger partial charge in [0.05, 0.1) is 11.7 Å². The minimum atomic E-state index is -4.30. The van der Waals surface area contributed by atoms with Gasteiger partial charge < -0.3 is 15.0 Å². The third-order valence-corrected chi connectivity index (χ3v) is 7.49. The summed E-state index contributed by atoms with van der Waals surface area (Å²) in [5.41, 5.74) is 3.80. The number of allylic oxidation sites excluding steroid dienone is 3. The highest BCUT2D eigenvalue weighted by molar-refractivity contribution is 5.45. The van der Waals surface area contributed by atoms with E-state index in [-0.39, 0.29) is 6.10 Å². The Kier molecular flexibility index (Phi) is 9.78. The highest BCUT2D eigenvalue weighted by atomic mass is 19.4. The fraction of sp³-hybridized carbons (Fsp3) is 0.438. The second-order valence-corrected chi connectivity index (χ2v) is 10.6. The van der Waals surface area contributed by atoms with Gasteiger partial charge in [0.1, 0.15) is 5.76 Å². The molecule has 210 valence electrons. The summed E-state index contributed by atoms with van der Waals surface area (Å²) >= 11 is 0. The largest absolute Gasteiger partial charge is 0.491 e. The Labute approximate surface area is 230 Å². The first kappa shape index (κ1) is 28.8. The predicted molar refractivity (Wildman–Crippen MR) is 152 cm³/mol. The van der Waals surface area contributed by atoms with Gasteiger partial charge in [0.15, 0.2) is 0 Å². The van der Waals surface area contributed by atoms with Gasteiger partial charge in [-0.1, -0.05) is 42.5 Å². The number of hydrogen-bond acceptors (Lipinski definition) is 4. The Hall–Kier alpha value is -3.19. The molecule has 0 aromatic heterocycles. The van der Waals surface area contributed by atoms with Crippen LogP contribution >= 0.6 is 0 Å². The summed E-state index contributed by atoms with van der Waals surface area (Å²) < 4.78 is 44.8. The fourth-order valence-electron chi connectivity index (χ4n) is 5.26. The van der Waals surface area contributed by atoms with Crippen LogP contribution in [0, 0.1) is 6.92 Å². The van der Waals surface area contributed by atoms with Crippen LogP contribution in [0.15, 0.2) is 84.8 Å². The maximum Gasteiger partial charge on any atom is 0.416 e. The molecule has 0 unspecified atom stereocenters. The molecule has 0 amide bonds. The van der Waals surface area contributed by atoms with Gasteiger partial charge in [0, 0.05) is 56.2 Å². The number of anilines is 1. The van der Waals surface area contributed by atoms with Crippen molar-refractivity contribution >= 4 is 5.69 Å². The third-order valence-electron chi connectivity index (χ3n) is 7.49. The Morgan fingerprint density at radius 1 is 0.974 bits per heavy atom. The number of benzene rings is 2. The van der Waals surface area contributed by atoms with Crippen molar-refractivity contribution in [1.29, 1.82) is 0 Å². The van der Waals surface area contributed by atoms with Gasteiger partial charge >= 0.3 is 6.18 Å². The van der Waals surface area contributed by atoms with Crippen LogP contribution in [-0.2, 0) is 17.5 Å². The molecule has 0 radical (unpaired) electrons. The molecule has 0 atom stereocenters. The van der Waals surface area contributed by atoms with Crippen molar-refractivity contribution in [3.63, 3.8) is 0 Å². The molecule has 2 aromatic carbocycles. The molecule has 39 heavy (non-hydrogen) atoms. The summed E-state index contributed by atoms with van der Waals surface area (Å²) in [5.74, 6) is 0.685. The minimum absolute atomic E-state index is 0.178. The van der Waals surface area contributed by atoms with Gasteiger partial charge in [-0.25, -0.2) is 0 Å². The number of nitrogens with one attached hydrogen (secondary N) is 1. The molecule has 1 N–H and O–H groups in total. The van der Waals surface area contributed by atoms with Gasteiger partial charge in [-0.05, 0) is 75.4 Å². The zero-order chi connectivity index (χ0) is 27.8. The normalized spacial score (nSPS) is 21.3. The Morgan fingerprint density at radius 3 is 2.21 bits per heavy atom. The number of aryl methyl sites for hydroxylation is 1. The standard InChI is InChI=1S/C32H40F3N3O/c1-4-5-30(38-20-18-37(19-21-38)23-26-8-10-27(11-9-26)32(33,34)35)22-25(3)39-31-16-14-29(15-17-31)36-28-12-6-24(2)7-13-28/h4-13,22,29,31,36H,3,14-21,23H2,1-2H3/b5-4-,30-22+. The average Bonchev–Trinajstić information content (AvgIpc) is 2.91. The molecule has 1 aliphatic heterocycles. The van der Waals surface area contributed by atoms with E-state index in [4.69, 9.17) is 4.74 Å². The lowest BCUT2D eigenvalue weighted by atomic mass is 9.92. The van der Waals surface area contributed by atoms with Gasteiger partial charge in [-0.2, -0.15) is 13.2 Å². The number of hydrogen-bond donors (Lipinski definition) is 1. The maximum atomic E-state index is 12.8. The zero-order valence-electron chi connectivity index (χ0n) is 23.0. The monoisotopic (exact) mass is 539 g/mol. The first-order chi connectivity index (χ1) is 18.7. The van der Waals surface area contributed by atoms with Crippen LogP contribution in [0.1, 0.15) is 49.3 Å². The number of rotatable bonds is 9. The van der Waals surface area contributed by atoms with Crippen molar-refractivity contribution in [2.24, 2.45) is 0 Å². The number of piperazine rings is 1. The molecule has 1 heterocycles. The number of ether oxygens (including phenoxy) is 1. The van der Waals surface area contributed by atoms with Crippen LogP contribution in [0.5, 0.6) is 0 Å². The van der Waals surface area contributed by atoms with Crippen LogP contribution in [0.25, 0.3) is 0 Å². The van der Waals surface area contributed by atoms with Crippen molar-refractivity contribution < 1.29 is 17.9 Å². The molecular formula is C32H40F3N3O. The zero-order valence-corrected chi connectivity index (χ0v) is 23.0. The summed E-state index contributed by atoms with van der Waals surface area (Å²) in [6.45, 7) is 12.3. The molecule has 0 spiro atoms. The molecule has 7 heteroatoms. The summed E-state index contributed by atoms with van der Waals surface area (Å²) in [4.78, 5) is 4.60. The van der Waals surface area contributed by atoms with Crippen LogP contribution in [-0.4, -0.2) is 48.1 Å². The Balaban J connectivity index is 1.23. The van der Waals surface area contributed by atoms with Crippen molar-refractivity contribution in [1.82, 2.24) is 9.80 Å². The molecule has 2 aliphatic rings. The summed E-state index contributed by atoms with van der Waals surface area (Å²) in [6.07, 6.45) is 6.15. The van der Waals surface area contributed by atoms with E-state index in [9.17, 15) is 13.2 Å². The molecule has 0 bridgehead atoms. The van der Waals surface area contributed by atoms with Gasteiger partial charge in [0.2, 0.25) is 0 Å². The molecule has 1 saturated heterocycles. The van der Waals surface area contributed by atoms with E-state index >= 15 is 0 Å². The molecule has 4 rings (SSSR count). The lowest BCUT2D eigenvalue weighted by Crippen LogP contribution is -2.45. The third kappa shape index (κ3) is 8.65. The smallest absolute Gasteiger partial charge is 0.416 e. The van der Waals surface area contributed by atoms with Crippen molar-refractivity contribution in [3.05, 3.63) is 101 Å². The molecule has 1 saturated carbocycles. The minimum Gasteiger partial charge on any atom is -0.491 e. The van der Waals surface area contributed by atoms with E-state index in [0.717, 1.165) is 75.3 Å². The first-order valence-corrected chi connectivity index (χ1v) is 13.9. The van der Waals surface area contributed by atoms with Crippen LogP contribution in [0.4, 0.5) is 18.9 Å². The van der Waals surface area contributed by atoms with E-state index in [1.54, 1.807) is 12.1 Å². The van der Waals surface area contributed by atoms with E-state index in [1.807, 2.05) is 19.1 Å². The topological polar surface area (TPSA) is 27.7 Å². The van der Waals surface area contributed by atoms with Crippen molar-refractivity contribution in [3.8, 4) is 0 Å². The second kappa shape index (κ2) is 13.2. The number of alkyl halides is 3. The highest BCUT2D eigenvalue weighted by Crippen LogP contribution is 2.30. The summed E-state index contributed by atoms with van der Waals surface area (Å²) in [7, 11) is 0. The maximum absolute atomic E-state index is 12.8. The predicted octanol–water partition coefficient (Wildman–Crippen LogP) is 7.55. The van der Waals surface area contributed by atoms with Crippen molar-refractivity contribution in [2.45, 2.75) is 64.4 Å². The summed E-state index contributed by atoms with van der Waals surface area (Å²) in [5, 5.41) is 3.65. The van der Waals surface area contributed by atoms with Crippen LogP contribution in [0.3, 0.4) is 0 Å². The average molecular weight is 540 g/mol. The fourth-order valence-corrected chi connectivity index (χ4v) is 5.26. The SMILES string of the molecule is C=C(/C=C(\C=C/C)N1CCN(Cc2ccc(C(F)(F)F)cc2)CC1)OC1CCC(Nc2ccc(C)cc2)CC1. The number of halogens is 3.